The third-order valence-corrected chi connectivity index (χ3v) is 4.00. The molecule has 0 saturated heterocycles. The maximum absolute atomic E-state index is 12.1. The number of aliphatic carboxylic acids is 1. The van der Waals surface area contributed by atoms with E-state index in [1.54, 1.807) is 37.1 Å². The van der Waals surface area contributed by atoms with E-state index in [1.807, 2.05) is 24.4 Å². The Balaban J connectivity index is 2.55. The van der Waals surface area contributed by atoms with Gasteiger partial charge >= 0.3 is 12.0 Å². The van der Waals surface area contributed by atoms with Gasteiger partial charge in [-0.05, 0) is 32.2 Å². The van der Waals surface area contributed by atoms with Crippen LogP contribution in [0.4, 0.5) is 4.79 Å². The number of amides is 2. The molecule has 5 nitrogen and oxygen atoms in total. The molecule has 0 aromatic carbocycles. The van der Waals surface area contributed by atoms with Crippen molar-refractivity contribution in [1.29, 1.82) is 0 Å². The van der Waals surface area contributed by atoms with Gasteiger partial charge in [0, 0.05) is 29.9 Å². The third-order valence-electron chi connectivity index (χ3n) is 3.10. The second-order valence-corrected chi connectivity index (χ2v) is 6.66. The van der Waals surface area contributed by atoms with Crippen LogP contribution < -0.4 is 5.32 Å². The molecule has 0 aliphatic carbocycles. The van der Waals surface area contributed by atoms with Crippen molar-refractivity contribution < 1.29 is 14.7 Å². The molecule has 1 rings (SSSR count). The van der Waals surface area contributed by atoms with Crippen LogP contribution in [0.2, 0.25) is 0 Å². The molecular weight excluding hydrogens is 276 g/mol. The Morgan fingerprint density at radius 3 is 2.65 bits per heavy atom. The van der Waals surface area contributed by atoms with Crippen molar-refractivity contribution in [3.8, 4) is 0 Å². The monoisotopic (exact) mass is 298 g/mol. The van der Waals surface area contributed by atoms with Gasteiger partial charge in [-0.15, -0.1) is 11.3 Å². The summed E-state index contributed by atoms with van der Waals surface area (Å²) in [7, 11) is 1.73. The Kier molecular flexibility index (Phi) is 5.56. The van der Waals surface area contributed by atoms with Crippen molar-refractivity contribution in [2.75, 3.05) is 7.05 Å². The second-order valence-electron chi connectivity index (χ2n) is 5.63. The van der Waals surface area contributed by atoms with Gasteiger partial charge < -0.3 is 15.3 Å². The molecule has 0 radical (unpaired) electrons. The fraction of sp³-hybridized carbons (Fsp3) is 0.571. The predicted octanol–water partition coefficient (Wildman–Crippen LogP) is 2.57. The zero-order valence-electron chi connectivity index (χ0n) is 12.3. The first kappa shape index (κ1) is 16.5. The summed E-state index contributed by atoms with van der Waals surface area (Å²) in [5, 5.41) is 13.6. The van der Waals surface area contributed by atoms with Crippen molar-refractivity contribution >= 4 is 23.3 Å². The molecule has 1 aromatic rings. The summed E-state index contributed by atoms with van der Waals surface area (Å²) in [5.74, 6) is -0.926. The van der Waals surface area contributed by atoms with Crippen molar-refractivity contribution in [1.82, 2.24) is 10.2 Å². The van der Waals surface area contributed by atoms with E-state index in [9.17, 15) is 9.59 Å². The molecule has 0 spiro atoms. The molecule has 2 amide bonds. The number of carbonyl (C=O) groups is 2. The Bertz CT molecular complexity index is 457. The van der Waals surface area contributed by atoms with Gasteiger partial charge in [0.2, 0.25) is 0 Å². The van der Waals surface area contributed by atoms with Crippen LogP contribution in [0.5, 0.6) is 0 Å². The normalized spacial score (nSPS) is 12.8. The van der Waals surface area contributed by atoms with E-state index < -0.39 is 11.5 Å². The van der Waals surface area contributed by atoms with Crippen molar-refractivity contribution in [2.24, 2.45) is 0 Å². The first-order valence-corrected chi connectivity index (χ1v) is 7.38. The lowest BCUT2D eigenvalue weighted by atomic mass is 10.0. The Morgan fingerprint density at radius 1 is 1.50 bits per heavy atom. The number of carbonyl (C=O) groups excluding carboxylic acids is 1. The summed E-state index contributed by atoms with van der Waals surface area (Å²) in [6, 6.07) is 3.83. The Morgan fingerprint density at radius 2 is 2.15 bits per heavy atom. The minimum absolute atomic E-state index is 0.0503. The van der Waals surface area contributed by atoms with Gasteiger partial charge in [-0.2, -0.15) is 0 Å². The number of hydrogen-bond donors (Lipinski definition) is 2. The van der Waals surface area contributed by atoms with E-state index in [2.05, 4.69) is 5.32 Å². The fourth-order valence-corrected chi connectivity index (χ4v) is 2.68. The molecule has 0 saturated carbocycles. The number of urea groups is 1. The summed E-state index contributed by atoms with van der Waals surface area (Å²) >= 11 is 1.67. The Labute approximate surface area is 123 Å². The summed E-state index contributed by atoms with van der Waals surface area (Å²) in [6.45, 7) is 5.39. The first-order valence-electron chi connectivity index (χ1n) is 6.50. The van der Waals surface area contributed by atoms with E-state index >= 15 is 0 Å². The molecule has 0 fully saturated rings. The van der Waals surface area contributed by atoms with Crippen molar-refractivity contribution in [2.45, 2.75) is 45.2 Å². The number of rotatable bonds is 6. The molecule has 1 aromatic heterocycles. The van der Waals surface area contributed by atoms with Gasteiger partial charge in [0.1, 0.15) is 0 Å². The zero-order chi connectivity index (χ0) is 15.3. The molecule has 2 N–H and O–H groups in total. The number of carboxylic acid groups (broad SMARTS) is 1. The lowest BCUT2D eigenvalue weighted by Crippen LogP contribution is -2.52. The molecule has 0 bridgehead atoms. The van der Waals surface area contributed by atoms with Crippen LogP contribution in [0, 0.1) is 0 Å². The average Bonchev–Trinajstić information content (AvgIpc) is 2.77. The second kappa shape index (κ2) is 6.74. The van der Waals surface area contributed by atoms with Crippen LogP contribution in [-0.2, 0) is 11.2 Å². The molecule has 1 atom stereocenters. The van der Waals surface area contributed by atoms with Gasteiger partial charge in [0.05, 0.1) is 6.42 Å². The third kappa shape index (κ3) is 5.21. The van der Waals surface area contributed by atoms with Crippen LogP contribution in [-0.4, -0.2) is 40.6 Å². The van der Waals surface area contributed by atoms with Gasteiger partial charge in [0.25, 0.3) is 0 Å². The van der Waals surface area contributed by atoms with Gasteiger partial charge in [-0.3, -0.25) is 4.79 Å². The summed E-state index contributed by atoms with van der Waals surface area (Å²) < 4.78 is 0. The quantitative estimate of drug-likeness (QED) is 0.848. The SMILES string of the molecule is CC(Cc1cccs1)N(C)C(=O)NC(C)(C)CC(=O)O. The van der Waals surface area contributed by atoms with Crippen LogP contribution in [0.3, 0.4) is 0 Å². The number of nitrogens with zero attached hydrogens (tertiary/aromatic N) is 1. The number of carboxylic acids is 1. The Hall–Kier alpha value is -1.56. The van der Waals surface area contributed by atoms with E-state index in [1.165, 1.54) is 4.88 Å². The highest BCUT2D eigenvalue weighted by Gasteiger charge is 2.26. The predicted molar refractivity (Wildman–Crippen MR) is 80.1 cm³/mol. The highest BCUT2D eigenvalue weighted by Crippen LogP contribution is 2.15. The van der Waals surface area contributed by atoms with E-state index in [-0.39, 0.29) is 18.5 Å². The first-order chi connectivity index (χ1) is 9.21. The summed E-state index contributed by atoms with van der Waals surface area (Å²) in [5.41, 5.74) is -0.764. The van der Waals surface area contributed by atoms with E-state index in [0.29, 0.717) is 0 Å². The minimum atomic E-state index is -0.926. The molecular formula is C14H22N2O3S. The smallest absolute Gasteiger partial charge is 0.317 e. The lowest BCUT2D eigenvalue weighted by Gasteiger charge is -2.31. The maximum atomic E-state index is 12.1. The minimum Gasteiger partial charge on any atom is -0.481 e. The number of likely N-dealkylation sites (N-methyl/N-ethyl adjacent to an activating group) is 1. The number of hydrogen-bond acceptors (Lipinski definition) is 3. The van der Waals surface area contributed by atoms with E-state index in [0.717, 1.165) is 6.42 Å². The van der Waals surface area contributed by atoms with Crippen molar-refractivity contribution in [3.05, 3.63) is 22.4 Å². The van der Waals surface area contributed by atoms with Crippen LogP contribution in [0.1, 0.15) is 32.1 Å². The number of nitrogens with one attached hydrogen (secondary N) is 1. The average molecular weight is 298 g/mol. The topological polar surface area (TPSA) is 69.6 Å². The molecule has 1 heterocycles. The summed E-state index contributed by atoms with van der Waals surface area (Å²) in [4.78, 5) is 25.7. The molecule has 112 valence electrons. The van der Waals surface area contributed by atoms with Crippen LogP contribution in [0.15, 0.2) is 17.5 Å². The van der Waals surface area contributed by atoms with Crippen molar-refractivity contribution in [3.63, 3.8) is 0 Å². The highest BCUT2D eigenvalue weighted by molar-refractivity contribution is 7.09. The van der Waals surface area contributed by atoms with E-state index in [4.69, 9.17) is 5.11 Å². The highest BCUT2D eigenvalue weighted by atomic mass is 32.1. The van der Waals surface area contributed by atoms with Crippen LogP contribution in [0.25, 0.3) is 0 Å². The maximum Gasteiger partial charge on any atom is 0.317 e. The largest absolute Gasteiger partial charge is 0.481 e. The van der Waals surface area contributed by atoms with Crippen LogP contribution >= 0.6 is 11.3 Å². The number of thiophene rings is 1. The van der Waals surface area contributed by atoms with Gasteiger partial charge in [-0.1, -0.05) is 6.07 Å². The molecule has 0 aliphatic heterocycles. The van der Waals surface area contributed by atoms with Gasteiger partial charge in [-0.25, -0.2) is 4.79 Å². The standard InChI is InChI=1S/C14H22N2O3S/c1-10(8-11-6-5-7-20-11)16(4)13(19)15-14(2,3)9-12(17)18/h5-7,10H,8-9H2,1-4H3,(H,15,19)(H,17,18). The molecule has 6 heteroatoms. The fourth-order valence-electron chi connectivity index (χ4n) is 1.86. The molecule has 1 unspecified atom stereocenters. The molecule has 20 heavy (non-hydrogen) atoms. The van der Waals surface area contributed by atoms with Gasteiger partial charge in [0.15, 0.2) is 0 Å². The lowest BCUT2D eigenvalue weighted by molar-refractivity contribution is -0.138. The summed E-state index contributed by atoms with van der Waals surface area (Å²) in [6.07, 6.45) is 0.687. The molecule has 0 aliphatic rings. The zero-order valence-corrected chi connectivity index (χ0v) is 13.2.